The smallest absolute Gasteiger partial charge is 1.00 e. The van der Waals surface area contributed by atoms with Gasteiger partial charge in [-0.3, -0.25) is 0 Å². The van der Waals surface area contributed by atoms with Crippen LogP contribution in [-0.4, -0.2) is 52.4 Å². The molecule has 0 aliphatic rings. The van der Waals surface area contributed by atoms with Crippen molar-refractivity contribution in [2.75, 3.05) is 0 Å². The maximum Gasteiger partial charge on any atom is 2.00 e. The summed E-state index contributed by atoms with van der Waals surface area (Å²) in [6.45, 7) is 0. The van der Waals surface area contributed by atoms with Gasteiger partial charge in [0.2, 0.25) is 0 Å². The van der Waals surface area contributed by atoms with Crippen LogP contribution in [0, 0.1) is 0 Å². The van der Waals surface area contributed by atoms with E-state index in [1.165, 1.54) is 0 Å². The zero-order valence-corrected chi connectivity index (χ0v) is 6.01. The monoisotopic (exact) mass is 142 g/mol. The molecule has 0 atom stereocenters. The molecule has 0 aromatic carbocycles. The second-order valence-corrected chi connectivity index (χ2v) is 1.54. The fourth-order valence-electron chi connectivity index (χ4n) is 0. The first-order chi connectivity index (χ1) is 2.00. The number of rotatable bonds is 0. The third-order valence-corrected chi connectivity index (χ3v) is 0. The van der Waals surface area contributed by atoms with Gasteiger partial charge in [0.25, 0.3) is 0 Å². The van der Waals surface area contributed by atoms with Crippen LogP contribution in [0.2, 0.25) is 0 Å². The molecule has 4 nitrogen and oxygen atoms in total. The second-order valence-electron chi connectivity index (χ2n) is 0.513. The molecule has 0 heterocycles. The van der Waals surface area contributed by atoms with Crippen molar-refractivity contribution >= 4 is 45.6 Å². The molecular weight excluding hydrogens is 135 g/mol. The summed E-state index contributed by atoms with van der Waals surface area (Å²) < 4.78 is 8.88. The van der Waals surface area contributed by atoms with Crippen molar-refractivity contribution < 1.29 is 25.0 Å². The molecule has 0 bridgehead atoms. The SMILES string of the molecule is O=P(O)(O)O.[Ca+2].[H+].[H+].[H-].[H-]. The molecular formula is H7CaO4P+2. The summed E-state index contributed by atoms with van der Waals surface area (Å²) in [5, 5.41) is 0. The summed E-state index contributed by atoms with van der Waals surface area (Å²) in [6.07, 6.45) is 0. The van der Waals surface area contributed by atoms with Gasteiger partial charge < -0.3 is 17.5 Å². The molecule has 36 valence electrons. The van der Waals surface area contributed by atoms with E-state index in [9.17, 15) is 0 Å². The fraction of sp³-hybridized carbons (Fsp3) is 0. The molecule has 0 aliphatic carbocycles. The van der Waals surface area contributed by atoms with Gasteiger partial charge in [-0.25, -0.2) is 4.57 Å². The van der Waals surface area contributed by atoms with E-state index in [-0.39, 0.29) is 43.4 Å². The van der Waals surface area contributed by atoms with Crippen LogP contribution in [0.3, 0.4) is 0 Å². The first kappa shape index (κ1) is 10.4. The van der Waals surface area contributed by atoms with Crippen LogP contribution >= 0.6 is 7.82 Å². The molecule has 0 amide bonds. The van der Waals surface area contributed by atoms with Crippen molar-refractivity contribution in [3.05, 3.63) is 0 Å². The molecule has 0 aromatic rings. The van der Waals surface area contributed by atoms with Crippen LogP contribution < -0.4 is 0 Å². The van der Waals surface area contributed by atoms with Gasteiger partial charge in [-0.15, -0.1) is 0 Å². The van der Waals surface area contributed by atoms with E-state index >= 15 is 0 Å². The van der Waals surface area contributed by atoms with E-state index in [0.717, 1.165) is 0 Å². The van der Waals surface area contributed by atoms with Crippen LogP contribution in [0.25, 0.3) is 0 Å². The summed E-state index contributed by atoms with van der Waals surface area (Å²) in [5.41, 5.74) is 0. The first-order valence-corrected chi connectivity index (χ1v) is 2.35. The summed E-state index contributed by atoms with van der Waals surface area (Å²) in [5.74, 6) is 0. The predicted molar refractivity (Wildman–Crippen MR) is 24.5 cm³/mol. The minimum Gasteiger partial charge on any atom is -1.00 e. The number of hydrogen-bond donors (Lipinski definition) is 3. The van der Waals surface area contributed by atoms with Crippen LogP contribution in [0.5, 0.6) is 0 Å². The molecule has 0 aromatic heterocycles. The van der Waals surface area contributed by atoms with Crippen molar-refractivity contribution in [3.63, 3.8) is 0 Å². The van der Waals surface area contributed by atoms with Crippen molar-refractivity contribution in [2.24, 2.45) is 0 Å². The van der Waals surface area contributed by atoms with Gasteiger partial charge in [-0.1, -0.05) is 0 Å². The molecule has 0 unspecified atom stereocenters. The normalized spacial score (nSPS) is 9.83. The Balaban J connectivity index is -0.00000000800. The topological polar surface area (TPSA) is 77.8 Å². The van der Waals surface area contributed by atoms with Crippen molar-refractivity contribution in [2.45, 2.75) is 0 Å². The van der Waals surface area contributed by atoms with Crippen LogP contribution in [0.15, 0.2) is 0 Å². The summed E-state index contributed by atoms with van der Waals surface area (Å²) in [4.78, 5) is 21.6. The van der Waals surface area contributed by atoms with Crippen LogP contribution in [0.4, 0.5) is 0 Å². The van der Waals surface area contributed by atoms with Gasteiger partial charge in [0.1, 0.15) is 0 Å². The molecule has 0 saturated carbocycles. The molecule has 0 spiro atoms. The van der Waals surface area contributed by atoms with Gasteiger partial charge in [-0.2, -0.15) is 0 Å². The largest absolute Gasteiger partial charge is 2.00 e. The van der Waals surface area contributed by atoms with Crippen molar-refractivity contribution in [3.8, 4) is 0 Å². The second kappa shape index (κ2) is 3.38. The van der Waals surface area contributed by atoms with Crippen molar-refractivity contribution in [1.82, 2.24) is 0 Å². The maximum atomic E-state index is 8.88. The molecule has 3 N–H and O–H groups in total. The standard InChI is InChI=1S/Ca.H3O4P.2H/c;1-5(2,3)4;;/h;(H3,1,2,3,4);;/q+2;;2*-1/p+2. The Bertz CT molecular complexity index is 63.4. The van der Waals surface area contributed by atoms with E-state index in [1.54, 1.807) is 0 Å². The van der Waals surface area contributed by atoms with Gasteiger partial charge in [-0.05, 0) is 0 Å². The summed E-state index contributed by atoms with van der Waals surface area (Å²) in [6, 6.07) is 0. The number of phosphoric acid groups is 1. The third-order valence-electron chi connectivity index (χ3n) is 0. The Morgan fingerprint density at radius 3 is 1.50 bits per heavy atom. The van der Waals surface area contributed by atoms with E-state index in [4.69, 9.17) is 19.2 Å². The third kappa shape index (κ3) is 54.6. The Kier molecular flexibility index (Phi) is 5.84. The molecule has 6 heteroatoms. The quantitative estimate of drug-likeness (QED) is 0.304. The van der Waals surface area contributed by atoms with Gasteiger partial charge in [0, 0.05) is 0 Å². The Morgan fingerprint density at radius 2 is 1.50 bits per heavy atom. The van der Waals surface area contributed by atoms with E-state index in [1.807, 2.05) is 0 Å². The molecule has 6 heavy (non-hydrogen) atoms. The fourth-order valence-corrected chi connectivity index (χ4v) is 0. The average Bonchev–Trinajstić information content (AvgIpc) is 0.722. The summed E-state index contributed by atoms with van der Waals surface area (Å²) in [7, 11) is -4.64. The Labute approximate surface area is 70.4 Å². The van der Waals surface area contributed by atoms with Gasteiger partial charge in [0.15, 0.2) is 0 Å². The maximum absolute atomic E-state index is 8.88. The minimum absolute atomic E-state index is 0. The first-order valence-electron chi connectivity index (χ1n) is 0.783. The molecule has 0 aliphatic heterocycles. The van der Waals surface area contributed by atoms with Crippen LogP contribution in [0.1, 0.15) is 5.71 Å². The van der Waals surface area contributed by atoms with E-state index in [2.05, 4.69) is 0 Å². The number of hydrogen-bond acceptors (Lipinski definition) is 1. The molecule has 0 rings (SSSR count). The van der Waals surface area contributed by atoms with Gasteiger partial charge in [0.05, 0.1) is 0 Å². The van der Waals surface area contributed by atoms with E-state index in [0.29, 0.717) is 0 Å². The Morgan fingerprint density at radius 1 is 1.50 bits per heavy atom. The van der Waals surface area contributed by atoms with E-state index < -0.39 is 7.82 Å². The van der Waals surface area contributed by atoms with Crippen LogP contribution in [-0.2, 0) is 4.57 Å². The average molecular weight is 142 g/mol. The van der Waals surface area contributed by atoms with Crippen molar-refractivity contribution in [1.29, 1.82) is 0 Å². The van der Waals surface area contributed by atoms with Gasteiger partial charge >= 0.3 is 48.4 Å². The zero-order chi connectivity index (χ0) is 4.50. The Hall–Kier alpha value is 1.37. The molecule has 0 radical (unpaired) electrons. The molecule has 0 fully saturated rings. The minimum atomic E-state index is -4.64. The predicted octanol–water partition coefficient (Wildman–Crippen LogP) is -0.859. The summed E-state index contributed by atoms with van der Waals surface area (Å²) >= 11 is 0. The zero-order valence-electron chi connectivity index (χ0n) is 6.90. The molecule has 0 saturated heterocycles.